The van der Waals surface area contributed by atoms with Crippen LogP contribution in [-0.4, -0.2) is 119 Å². The van der Waals surface area contributed by atoms with Crippen LogP contribution in [0.4, 0.5) is 0 Å². The fourth-order valence-electron chi connectivity index (χ4n) is 10.4. The highest BCUT2D eigenvalue weighted by molar-refractivity contribution is 5.67. The minimum Gasteiger partial charge on any atom is -0.481 e. The van der Waals surface area contributed by atoms with Gasteiger partial charge in [0.05, 0.1) is 85.1 Å². The Morgan fingerprint density at radius 1 is 0.645 bits per heavy atom. The molecule has 0 radical (unpaired) electrons. The molecule has 4 fully saturated rings. The maximum Gasteiger partial charge on any atom is 0.305 e. The molecule has 0 saturated carbocycles. The second-order valence-electron chi connectivity index (χ2n) is 19.9. The number of ether oxygens (including phenoxy) is 6. The molecule has 4 aliphatic heterocycles. The van der Waals surface area contributed by atoms with Crippen LogP contribution in [0.3, 0.4) is 0 Å². The van der Waals surface area contributed by atoms with Crippen molar-refractivity contribution in [2.45, 2.75) is 207 Å². The third kappa shape index (κ3) is 15.9. The van der Waals surface area contributed by atoms with E-state index in [0.29, 0.717) is 23.7 Å². The maximum absolute atomic E-state index is 11.0. The quantitative estimate of drug-likeness (QED) is 0.0602. The molecule has 18 atom stereocenters. The first-order chi connectivity index (χ1) is 29.0. The molecule has 0 amide bonds. The van der Waals surface area contributed by atoms with Crippen molar-refractivity contribution in [3.8, 4) is 0 Å². The second kappa shape index (κ2) is 24.2. The Morgan fingerprint density at radius 3 is 1.27 bits per heavy atom. The first-order valence-corrected chi connectivity index (χ1v) is 23.2. The molecule has 62 heavy (non-hydrogen) atoms. The average molecular weight is 877 g/mol. The summed E-state index contributed by atoms with van der Waals surface area (Å²) in [7, 11) is 3.27. The number of carboxylic acids is 2. The summed E-state index contributed by atoms with van der Waals surface area (Å²) in [6.45, 7) is 24.7. The standard InChI is InChI=1S/2C25H42O6/c2*1-15(14-25(6)24(31-25)18(4)23(29-7)19(5)26)9-8-10-16(2)22-17(3)11-12-20(30-22)13-21(27)28/h2*8-10,15,17-20,22-24,26H,11-14H2,1-7H3,(H,27,28)/b2*9-8+,16-10+/t2*15-,17+,18-,19-,20-,22-,23-,24-,25-/m11/s1. The maximum atomic E-state index is 11.0. The zero-order chi connectivity index (χ0) is 46.7. The average Bonchev–Trinajstić information content (AvgIpc) is 4.05. The summed E-state index contributed by atoms with van der Waals surface area (Å²) in [5.41, 5.74) is 1.87. The lowest BCUT2D eigenvalue weighted by molar-refractivity contribution is -0.145. The molecular weight excluding hydrogens is 793 g/mol. The van der Waals surface area contributed by atoms with Crippen LogP contribution in [0.25, 0.3) is 0 Å². The van der Waals surface area contributed by atoms with Gasteiger partial charge in [-0.25, -0.2) is 0 Å². The van der Waals surface area contributed by atoms with Crippen molar-refractivity contribution in [1.82, 2.24) is 0 Å². The lowest BCUT2D eigenvalue weighted by atomic mass is 9.85. The number of allylic oxidation sites excluding steroid dienone is 6. The summed E-state index contributed by atoms with van der Waals surface area (Å²) in [5.74, 6) is 0.0803. The molecule has 0 aromatic rings. The van der Waals surface area contributed by atoms with Gasteiger partial charge in [0.15, 0.2) is 0 Å². The third-order valence-corrected chi connectivity index (χ3v) is 13.7. The lowest BCUT2D eigenvalue weighted by Crippen LogP contribution is -2.36. The zero-order valence-electron chi connectivity index (χ0n) is 40.4. The minimum absolute atomic E-state index is 0.0287. The van der Waals surface area contributed by atoms with E-state index in [1.165, 1.54) is 0 Å². The molecule has 356 valence electrons. The number of rotatable bonds is 22. The molecule has 4 saturated heterocycles. The van der Waals surface area contributed by atoms with Gasteiger partial charge in [0.25, 0.3) is 0 Å². The van der Waals surface area contributed by atoms with E-state index in [2.05, 4.69) is 106 Å². The lowest BCUT2D eigenvalue weighted by Gasteiger charge is -2.35. The summed E-state index contributed by atoms with van der Waals surface area (Å²) in [6.07, 6.45) is 16.4. The van der Waals surface area contributed by atoms with Gasteiger partial charge in [-0.1, -0.05) is 78.0 Å². The summed E-state index contributed by atoms with van der Waals surface area (Å²) >= 11 is 0. The van der Waals surface area contributed by atoms with Crippen LogP contribution in [0.5, 0.6) is 0 Å². The van der Waals surface area contributed by atoms with Crippen LogP contribution in [0, 0.1) is 35.5 Å². The summed E-state index contributed by atoms with van der Waals surface area (Å²) in [5, 5.41) is 37.9. The highest BCUT2D eigenvalue weighted by Crippen LogP contribution is 2.48. The van der Waals surface area contributed by atoms with E-state index in [-0.39, 0.29) is 84.7 Å². The molecule has 0 aliphatic carbocycles. The van der Waals surface area contributed by atoms with Crippen molar-refractivity contribution < 1.29 is 58.4 Å². The van der Waals surface area contributed by atoms with Crippen LogP contribution in [-0.2, 0) is 38.0 Å². The van der Waals surface area contributed by atoms with Gasteiger partial charge in [0.1, 0.15) is 0 Å². The van der Waals surface area contributed by atoms with Gasteiger partial charge in [0, 0.05) is 26.1 Å². The van der Waals surface area contributed by atoms with Gasteiger partial charge in [-0.3, -0.25) is 9.59 Å². The fourth-order valence-corrected chi connectivity index (χ4v) is 10.4. The van der Waals surface area contributed by atoms with Crippen molar-refractivity contribution in [1.29, 1.82) is 0 Å². The van der Waals surface area contributed by atoms with Gasteiger partial charge in [-0.2, -0.15) is 0 Å². The van der Waals surface area contributed by atoms with Crippen LogP contribution in [0.2, 0.25) is 0 Å². The predicted octanol–water partition coefficient (Wildman–Crippen LogP) is 8.73. The molecule has 4 aliphatic rings. The van der Waals surface area contributed by atoms with Crippen LogP contribution in [0.1, 0.15) is 134 Å². The first-order valence-electron chi connectivity index (χ1n) is 23.2. The number of carboxylic acid groups (broad SMARTS) is 2. The second-order valence-corrected chi connectivity index (χ2v) is 19.9. The van der Waals surface area contributed by atoms with Gasteiger partial charge in [-0.15, -0.1) is 0 Å². The Labute approximate surface area is 373 Å². The monoisotopic (exact) mass is 877 g/mol. The van der Waals surface area contributed by atoms with E-state index in [0.717, 1.165) is 49.7 Å². The SMILES string of the molecule is CO[C@H]([C@@H](C)[C@H]1O[C@]1(C)C[C@H](C)/C=C/C=C(\C)[C@H]1O[C@@H](CC(=O)O)CC[C@@H]1C)[C@@H](C)O.CO[C@H]([C@@H](C)[C@H]1O[C@]1(C)C[C@H](C)/C=C/C=C(\C)[C@H]1O[C@@H](CC(=O)O)CC[C@@H]1C)[C@@H](C)O. The molecular formula is C50H84O12. The Bertz CT molecular complexity index is 1420. The van der Waals surface area contributed by atoms with Gasteiger partial charge in [-0.05, 0) is 115 Å². The minimum atomic E-state index is -0.803. The molecule has 0 unspecified atom stereocenters. The Kier molecular flexibility index (Phi) is 21.0. The van der Waals surface area contributed by atoms with Crippen LogP contribution >= 0.6 is 0 Å². The molecule has 4 rings (SSSR count). The van der Waals surface area contributed by atoms with Crippen molar-refractivity contribution >= 4 is 11.9 Å². The summed E-state index contributed by atoms with van der Waals surface area (Å²) in [6, 6.07) is 0. The van der Waals surface area contributed by atoms with E-state index >= 15 is 0 Å². The molecule has 4 N–H and O–H groups in total. The normalized spacial score (nSPS) is 35.5. The van der Waals surface area contributed by atoms with Crippen molar-refractivity contribution in [3.63, 3.8) is 0 Å². The molecule has 0 aromatic heterocycles. The first kappa shape index (κ1) is 53.9. The molecule has 12 heteroatoms. The molecule has 0 spiro atoms. The number of hydrogen-bond acceptors (Lipinski definition) is 10. The van der Waals surface area contributed by atoms with E-state index in [1.807, 2.05) is 0 Å². The van der Waals surface area contributed by atoms with E-state index in [4.69, 9.17) is 38.6 Å². The number of carbonyl (C=O) groups is 2. The number of methoxy groups -OCH3 is 2. The summed E-state index contributed by atoms with van der Waals surface area (Å²) in [4.78, 5) is 22.0. The van der Waals surface area contributed by atoms with Gasteiger partial charge >= 0.3 is 11.9 Å². The van der Waals surface area contributed by atoms with Gasteiger partial charge < -0.3 is 48.8 Å². The zero-order valence-corrected chi connectivity index (χ0v) is 40.4. The van der Waals surface area contributed by atoms with Crippen LogP contribution < -0.4 is 0 Å². The fraction of sp³-hybridized carbons (Fsp3) is 0.800. The Hall–Kier alpha value is -2.42. The van der Waals surface area contributed by atoms with Gasteiger partial charge in [0.2, 0.25) is 0 Å². The highest BCUT2D eigenvalue weighted by atomic mass is 16.6. The smallest absolute Gasteiger partial charge is 0.305 e. The molecule has 12 nitrogen and oxygen atoms in total. The van der Waals surface area contributed by atoms with Crippen molar-refractivity contribution in [2.75, 3.05) is 14.2 Å². The topological polar surface area (TPSA) is 177 Å². The van der Waals surface area contributed by atoms with E-state index < -0.39 is 24.1 Å². The highest BCUT2D eigenvalue weighted by Gasteiger charge is 2.58. The molecule has 0 bridgehead atoms. The number of epoxide rings is 2. The third-order valence-electron chi connectivity index (χ3n) is 13.7. The van der Waals surface area contributed by atoms with Crippen molar-refractivity contribution in [2.24, 2.45) is 35.5 Å². The Morgan fingerprint density at radius 2 is 0.984 bits per heavy atom. The molecule has 4 heterocycles. The van der Waals surface area contributed by atoms with Crippen LogP contribution in [0.15, 0.2) is 47.6 Å². The number of aliphatic hydroxyl groups is 2. The number of hydrogen-bond donors (Lipinski definition) is 4. The van der Waals surface area contributed by atoms with Crippen molar-refractivity contribution in [3.05, 3.63) is 47.6 Å². The number of aliphatic hydroxyl groups excluding tert-OH is 2. The van der Waals surface area contributed by atoms with E-state index in [9.17, 15) is 19.8 Å². The predicted molar refractivity (Wildman–Crippen MR) is 242 cm³/mol. The summed E-state index contributed by atoms with van der Waals surface area (Å²) < 4.78 is 35.2. The molecule has 0 aromatic carbocycles. The van der Waals surface area contributed by atoms with E-state index in [1.54, 1.807) is 28.1 Å². The number of aliphatic carboxylic acids is 2. The Balaban J connectivity index is 0.000000330. The largest absolute Gasteiger partial charge is 0.481 e.